The second-order valence-electron chi connectivity index (χ2n) is 6.89. The van der Waals surface area contributed by atoms with Gasteiger partial charge in [0.05, 0.1) is 31.6 Å². The van der Waals surface area contributed by atoms with Gasteiger partial charge in [0.1, 0.15) is 5.75 Å². The molecule has 2 heterocycles. The van der Waals surface area contributed by atoms with E-state index >= 15 is 0 Å². The summed E-state index contributed by atoms with van der Waals surface area (Å²) in [5.74, 6) is 0.528. The number of nitrogens with zero attached hydrogens (tertiary/aromatic N) is 3. The Morgan fingerprint density at radius 2 is 2.15 bits per heavy atom. The fourth-order valence-electron chi connectivity index (χ4n) is 3.77. The maximum absolute atomic E-state index is 13.3. The lowest BCUT2D eigenvalue weighted by Gasteiger charge is -2.27. The van der Waals surface area contributed by atoms with Crippen molar-refractivity contribution < 1.29 is 19.4 Å². The first kappa shape index (κ1) is 19.4. The van der Waals surface area contributed by atoms with Crippen LogP contribution in [0.5, 0.6) is 5.75 Å². The third kappa shape index (κ3) is 3.84. The van der Waals surface area contributed by atoms with E-state index in [1.54, 1.807) is 16.7 Å². The largest absolute Gasteiger partial charge is 0.496 e. The highest BCUT2D eigenvalue weighted by molar-refractivity contribution is 5.94. The third-order valence-corrected chi connectivity index (χ3v) is 4.92. The number of hydrogen-bond donors (Lipinski definition) is 1. The number of rotatable bonds is 6. The van der Waals surface area contributed by atoms with Crippen molar-refractivity contribution in [1.29, 1.82) is 0 Å². The smallest absolute Gasteiger partial charge is 0.275 e. The van der Waals surface area contributed by atoms with Gasteiger partial charge in [-0.05, 0) is 19.9 Å². The van der Waals surface area contributed by atoms with Gasteiger partial charge in [-0.15, -0.1) is 0 Å². The van der Waals surface area contributed by atoms with Crippen LogP contribution in [0.15, 0.2) is 24.3 Å². The van der Waals surface area contributed by atoms with Gasteiger partial charge in [-0.25, -0.2) is 0 Å². The first-order valence-corrected chi connectivity index (χ1v) is 9.19. The Morgan fingerprint density at radius 1 is 1.41 bits per heavy atom. The van der Waals surface area contributed by atoms with E-state index in [2.05, 4.69) is 5.10 Å². The monoisotopic (exact) mass is 373 g/mol. The van der Waals surface area contributed by atoms with Crippen LogP contribution in [0, 0.1) is 0 Å². The van der Waals surface area contributed by atoms with Gasteiger partial charge < -0.3 is 19.5 Å². The molecule has 0 saturated heterocycles. The highest BCUT2D eigenvalue weighted by Crippen LogP contribution is 2.32. The number of aromatic nitrogens is 2. The van der Waals surface area contributed by atoms with Gasteiger partial charge in [0.25, 0.3) is 5.91 Å². The van der Waals surface area contributed by atoms with Crippen LogP contribution in [0.2, 0.25) is 0 Å². The summed E-state index contributed by atoms with van der Waals surface area (Å²) in [6.07, 6.45) is 0.572. The topological polar surface area (TPSA) is 76.8 Å². The van der Waals surface area contributed by atoms with Crippen LogP contribution in [0.3, 0.4) is 0 Å². The van der Waals surface area contributed by atoms with Crippen LogP contribution in [0.4, 0.5) is 0 Å². The fourth-order valence-corrected chi connectivity index (χ4v) is 3.77. The zero-order chi connectivity index (χ0) is 19.6. The van der Waals surface area contributed by atoms with Gasteiger partial charge in [0.2, 0.25) is 0 Å². The molecule has 2 atom stereocenters. The average Bonchev–Trinajstić information content (AvgIpc) is 2.97. The second kappa shape index (κ2) is 8.10. The zero-order valence-electron chi connectivity index (χ0n) is 16.3. The molecule has 27 heavy (non-hydrogen) atoms. The number of carbonyl (C=O) groups excluding carboxylic acids is 1. The van der Waals surface area contributed by atoms with E-state index in [-0.39, 0.29) is 31.3 Å². The van der Waals surface area contributed by atoms with Crippen molar-refractivity contribution in [1.82, 2.24) is 14.7 Å². The minimum atomic E-state index is -0.187. The fraction of sp³-hybridized carbons (Fsp3) is 0.500. The van der Waals surface area contributed by atoms with Gasteiger partial charge >= 0.3 is 0 Å². The van der Waals surface area contributed by atoms with E-state index < -0.39 is 0 Å². The summed E-state index contributed by atoms with van der Waals surface area (Å²) in [7, 11) is 3.44. The Kier molecular flexibility index (Phi) is 5.82. The molecule has 0 radical (unpaired) electrons. The van der Waals surface area contributed by atoms with Crippen molar-refractivity contribution in [3.63, 3.8) is 0 Å². The number of ether oxygens (including phenoxy) is 2. The van der Waals surface area contributed by atoms with Gasteiger partial charge in [0.15, 0.2) is 5.69 Å². The number of carbonyl (C=O) groups is 1. The standard InChI is InChI=1S/C20H27N3O4/c1-13-11-16-18(21-22(3)19(16)14(2)27-13)20(25)23(9-10-24)12-15-7-5-6-8-17(15)26-4/h5-8,13-14,24H,9-12H2,1-4H3/t13-,14+/m0/s1. The number of benzene rings is 1. The number of hydrogen-bond acceptors (Lipinski definition) is 5. The summed E-state index contributed by atoms with van der Waals surface area (Å²) >= 11 is 0. The quantitative estimate of drug-likeness (QED) is 0.839. The predicted molar refractivity (Wildman–Crippen MR) is 101 cm³/mol. The molecule has 1 aliphatic heterocycles. The second-order valence-corrected chi connectivity index (χ2v) is 6.89. The van der Waals surface area contributed by atoms with Crippen molar-refractivity contribution in [3.05, 3.63) is 46.8 Å². The van der Waals surface area contributed by atoms with E-state index in [1.165, 1.54) is 0 Å². The molecule has 0 fully saturated rings. The first-order chi connectivity index (χ1) is 13.0. The molecule has 0 spiro atoms. The summed E-state index contributed by atoms with van der Waals surface area (Å²) in [5, 5.41) is 14.0. The molecule has 0 bridgehead atoms. The summed E-state index contributed by atoms with van der Waals surface area (Å²) in [5.41, 5.74) is 3.21. The minimum Gasteiger partial charge on any atom is -0.496 e. The van der Waals surface area contributed by atoms with Crippen molar-refractivity contribution in [2.24, 2.45) is 7.05 Å². The van der Waals surface area contributed by atoms with E-state index in [1.807, 2.05) is 45.2 Å². The van der Waals surface area contributed by atoms with Gasteiger partial charge in [0, 0.05) is 37.7 Å². The molecule has 1 aromatic heterocycles. The lowest BCUT2D eigenvalue weighted by molar-refractivity contribution is -0.00907. The van der Waals surface area contributed by atoms with Crippen molar-refractivity contribution in [2.45, 2.75) is 39.0 Å². The van der Waals surface area contributed by atoms with E-state index in [9.17, 15) is 9.90 Å². The normalized spacial score (nSPS) is 18.9. The molecule has 146 valence electrons. The Bertz CT molecular complexity index is 818. The van der Waals surface area contributed by atoms with Crippen LogP contribution in [-0.4, -0.2) is 52.1 Å². The Hall–Kier alpha value is -2.38. The Balaban J connectivity index is 1.93. The van der Waals surface area contributed by atoms with Crippen molar-refractivity contribution >= 4 is 5.91 Å². The van der Waals surface area contributed by atoms with Crippen LogP contribution >= 0.6 is 0 Å². The average molecular weight is 373 g/mol. The first-order valence-electron chi connectivity index (χ1n) is 9.19. The van der Waals surface area contributed by atoms with Gasteiger partial charge in [-0.2, -0.15) is 5.10 Å². The summed E-state index contributed by atoms with van der Waals surface area (Å²) in [6.45, 7) is 4.43. The highest BCUT2D eigenvalue weighted by atomic mass is 16.5. The molecule has 1 N–H and O–H groups in total. The number of aliphatic hydroxyl groups excluding tert-OH is 1. The maximum atomic E-state index is 13.3. The Labute approximate surface area is 159 Å². The molecule has 7 heteroatoms. The molecule has 7 nitrogen and oxygen atoms in total. The maximum Gasteiger partial charge on any atom is 0.275 e. The predicted octanol–water partition coefficient (Wildman–Crippen LogP) is 2.09. The SMILES string of the molecule is COc1ccccc1CN(CCO)C(=O)c1nn(C)c2c1C[C@H](C)O[C@@H]2C. The third-order valence-electron chi connectivity index (χ3n) is 4.92. The molecule has 1 aliphatic rings. The summed E-state index contributed by atoms with van der Waals surface area (Å²) in [6, 6.07) is 7.57. The van der Waals surface area contributed by atoms with Crippen LogP contribution in [0.25, 0.3) is 0 Å². The van der Waals surface area contributed by atoms with Gasteiger partial charge in [-0.1, -0.05) is 18.2 Å². The van der Waals surface area contributed by atoms with E-state index in [4.69, 9.17) is 9.47 Å². The highest BCUT2D eigenvalue weighted by Gasteiger charge is 2.33. The Morgan fingerprint density at radius 3 is 2.85 bits per heavy atom. The molecule has 0 saturated carbocycles. The molecule has 0 unspecified atom stereocenters. The molecular formula is C20H27N3O4. The zero-order valence-corrected chi connectivity index (χ0v) is 16.3. The van der Waals surface area contributed by atoms with Crippen molar-refractivity contribution in [3.8, 4) is 5.75 Å². The van der Waals surface area contributed by atoms with Gasteiger partial charge in [-0.3, -0.25) is 9.48 Å². The molecule has 3 rings (SSSR count). The van der Waals surface area contributed by atoms with Crippen LogP contribution in [-0.2, 0) is 24.8 Å². The van der Waals surface area contributed by atoms with Crippen LogP contribution < -0.4 is 4.74 Å². The summed E-state index contributed by atoms with van der Waals surface area (Å²) < 4.78 is 13.0. The lowest BCUT2D eigenvalue weighted by atomic mass is 9.99. The number of methoxy groups -OCH3 is 1. The molecule has 0 aliphatic carbocycles. The lowest BCUT2D eigenvalue weighted by Crippen LogP contribution is -2.34. The number of amides is 1. The van der Waals surface area contributed by atoms with E-state index in [0.29, 0.717) is 24.4 Å². The molecule has 2 aromatic rings. The number of aryl methyl sites for hydroxylation is 1. The summed E-state index contributed by atoms with van der Waals surface area (Å²) in [4.78, 5) is 14.9. The minimum absolute atomic E-state index is 0.0313. The number of aliphatic hydroxyl groups is 1. The molecular weight excluding hydrogens is 346 g/mol. The number of para-hydroxylation sites is 1. The molecule has 1 aromatic carbocycles. The van der Waals surface area contributed by atoms with Crippen LogP contribution in [0.1, 0.15) is 47.3 Å². The van der Waals surface area contributed by atoms with E-state index in [0.717, 1.165) is 16.8 Å². The van der Waals surface area contributed by atoms with Crippen molar-refractivity contribution in [2.75, 3.05) is 20.3 Å². The molecule has 1 amide bonds. The number of fused-ring (bicyclic) bond motifs is 1.